The second-order valence-electron chi connectivity index (χ2n) is 5.15. The van der Waals surface area contributed by atoms with Gasteiger partial charge in [0.1, 0.15) is 5.84 Å². The molecular weight excluding hydrogens is 300 g/mol. The number of hydrogen-bond donors (Lipinski definition) is 3. The number of amidine groups is 1. The molecule has 0 rings (SSSR count). The molecule has 0 aliphatic heterocycles. The third-order valence-electron chi connectivity index (χ3n) is 2.21. The van der Waals surface area contributed by atoms with Crippen LogP contribution in [0.2, 0.25) is 0 Å². The predicted octanol–water partition coefficient (Wildman–Crippen LogP) is 0.460. The van der Waals surface area contributed by atoms with E-state index < -0.39 is 22.4 Å². The lowest BCUT2D eigenvalue weighted by Gasteiger charge is -2.23. The molecule has 9 nitrogen and oxygen atoms in total. The van der Waals surface area contributed by atoms with Gasteiger partial charge in [0, 0.05) is 19.5 Å². The van der Waals surface area contributed by atoms with E-state index in [4.69, 9.17) is 15.7 Å². The SMILES string of the molecule is CC(C)CN(CCC(N)=NO)S(=O)(=O)NC(=O)OC(C)C. The van der Waals surface area contributed by atoms with Gasteiger partial charge in [0.25, 0.3) is 0 Å². The molecule has 0 radical (unpaired) electrons. The summed E-state index contributed by atoms with van der Waals surface area (Å²) in [5.74, 6) is -0.0568. The number of amides is 1. The van der Waals surface area contributed by atoms with Crippen molar-refractivity contribution in [1.29, 1.82) is 0 Å². The predicted molar refractivity (Wildman–Crippen MR) is 78.1 cm³/mol. The van der Waals surface area contributed by atoms with Crippen molar-refractivity contribution in [3.8, 4) is 0 Å². The van der Waals surface area contributed by atoms with Gasteiger partial charge in [-0.05, 0) is 19.8 Å². The highest BCUT2D eigenvalue weighted by molar-refractivity contribution is 7.87. The Kier molecular flexibility index (Phi) is 8.03. The molecule has 0 heterocycles. The van der Waals surface area contributed by atoms with Gasteiger partial charge in [-0.1, -0.05) is 19.0 Å². The lowest BCUT2D eigenvalue weighted by Crippen LogP contribution is -2.46. The molecule has 10 heteroatoms. The number of nitrogens with one attached hydrogen (secondary N) is 1. The first-order valence-corrected chi connectivity index (χ1v) is 7.97. The molecule has 1 amide bonds. The second-order valence-corrected chi connectivity index (χ2v) is 6.83. The van der Waals surface area contributed by atoms with E-state index in [9.17, 15) is 13.2 Å². The van der Waals surface area contributed by atoms with Crippen molar-refractivity contribution in [2.75, 3.05) is 13.1 Å². The fourth-order valence-corrected chi connectivity index (χ4v) is 2.63. The number of hydrogen-bond acceptors (Lipinski definition) is 6. The van der Waals surface area contributed by atoms with Gasteiger partial charge in [0.2, 0.25) is 0 Å². The third-order valence-corrected chi connectivity index (χ3v) is 3.65. The van der Waals surface area contributed by atoms with Gasteiger partial charge >= 0.3 is 16.3 Å². The summed E-state index contributed by atoms with van der Waals surface area (Å²) in [6, 6.07) is 0. The van der Waals surface area contributed by atoms with Gasteiger partial charge in [0.15, 0.2) is 0 Å². The average molecular weight is 324 g/mol. The number of rotatable bonds is 8. The quantitative estimate of drug-likeness (QED) is 0.257. The van der Waals surface area contributed by atoms with Crippen LogP contribution in [0.3, 0.4) is 0 Å². The molecule has 21 heavy (non-hydrogen) atoms. The molecule has 0 atom stereocenters. The van der Waals surface area contributed by atoms with Gasteiger partial charge in [-0.2, -0.15) is 12.7 Å². The molecule has 0 aromatic heterocycles. The van der Waals surface area contributed by atoms with E-state index in [0.29, 0.717) is 0 Å². The highest BCUT2D eigenvalue weighted by atomic mass is 32.2. The van der Waals surface area contributed by atoms with Gasteiger partial charge in [-0.25, -0.2) is 9.52 Å². The van der Waals surface area contributed by atoms with Crippen molar-refractivity contribution in [1.82, 2.24) is 9.03 Å². The molecule has 0 aromatic rings. The smallest absolute Gasteiger partial charge is 0.422 e. The van der Waals surface area contributed by atoms with Crippen LogP contribution in [0.15, 0.2) is 5.16 Å². The van der Waals surface area contributed by atoms with Crippen molar-refractivity contribution in [3.63, 3.8) is 0 Å². The minimum Gasteiger partial charge on any atom is -0.446 e. The second kappa shape index (κ2) is 8.67. The van der Waals surface area contributed by atoms with E-state index in [-0.39, 0.29) is 31.3 Å². The van der Waals surface area contributed by atoms with Crippen LogP contribution in [0.5, 0.6) is 0 Å². The first-order chi connectivity index (χ1) is 9.58. The van der Waals surface area contributed by atoms with E-state index in [2.05, 4.69) is 5.16 Å². The molecule has 124 valence electrons. The number of nitrogens with zero attached hydrogens (tertiary/aromatic N) is 2. The largest absolute Gasteiger partial charge is 0.446 e. The first-order valence-electron chi connectivity index (χ1n) is 6.53. The van der Waals surface area contributed by atoms with Crippen molar-refractivity contribution >= 4 is 22.1 Å². The lowest BCUT2D eigenvalue weighted by molar-refractivity contribution is 0.121. The zero-order valence-electron chi connectivity index (χ0n) is 12.7. The van der Waals surface area contributed by atoms with Crippen LogP contribution in [0, 0.1) is 5.92 Å². The molecule has 4 N–H and O–H groups in total. The molecule has 0 spiro atoms. The molecule has 0 aliphatic carbocycles. The molecule has 0 saturated heterocycles. The van der Waals surface area contributed by atoms with Crippen LogP contribution in [0.1, 0.15) is 34.1 Å². The van der Waals surface area contributed by atoms with Gasteiger partial charge < -0.3 is 15.7 Å². The minimum absolute atomic E-state index is 0.0155. The van der Waals surface area contributed by atoms with Crippen LogP contribution >= 0.6 is 0 Å². The number of nitrogens with two attached hydrogens (primary N) is 1. The summed E-state index contributed by atoms with van der Waals surface area (Å²) in [5, 5.41) is 11.3. The number of oxime groups is 1. The Balaban J connectivity index is 4.90. The van der Waals surface area contributed by atoms with Gasteiger partial charge in [-0.15, -0.1) is 0 Å². The van der Waals surface area contributed by atoms with Crippen LogP contribution in [-0.4, -0.2) is 49.1 Å². The number of ether oxygens (including phenoxy) is 1. The van der Waals surface area contributed by atoms with Crippen molar-refractivity contribution in [2.24, 2.45) is 16.8 Å². The average Bonchev–Trinajstić information content (AvgIpc) is 2.31. The lowest BCUT2D eigenvalue weighted by atomic mass is 10.2. The molecule has 0 fully saturated rings. The van der Waals surface area contributed by atoms with Crippen LogP contribution in [-0.2, 0) is 14.9 Å². The molecule has 0 unspecified atom stereocenters. The summed E-state index contributed by atoms with van der Waals surface area (Å²) in [4.78, 5) is 11.4. The van der Waals surface area contributed by atoms with Crippen molar-refractivity contribution in [2.45, 2.75) is 40.2 Å². The topological polar surface area (TPSA) is 134 Å². The molecule has 0 saturated carbocycles. The summed E-state index contributed by atoms with van der Waals surface area (Å²) in [6.07, 6.45) is -1.43. The van der Waals surface area contributed by atoms with Crippen molar-refractivity contribution in [3.05, 3.63) is 0 Å². The Morgan fingerprint density at radius 3 is 2.38 bits per heavy atom. The monoisotopic (exact) mass is 324 g/mol. The van der Waals surface area contributed by atoms with E-state index in [1.54, 1.807) is 13.8 Å². The van der Waals surface area contributed by atoms with E-state index in [1.165, 1.54) is 0 Å². The molecule has 0 aromatic carbocycles. The zero-order chi connectivity index (χ0) is 16.6. The van der Waals surface area contributed by atoms with Gasteiger partial charge in [0.05, 0.1) is 6.10 Å². The first kappa shape index (κ1) is 19.4. The van der Waals surface area contributed by atoms with E-state index >= 15 is 0 Å². The maximum Gasteiger partial charge on any atom is 0.422 e. The summed E-state index contributed by atoms with van der Waals surface area (Å²) in [5.41, 5.74) is 5.33. The van der Waals surface area contributed by atoms with Crippen LogP contribution in [0.4, 0.5) is 4.79 Å². The Morgan fingerprint density at radius 1 is 1.38 bits per heavy atom. The van der Waals surface area contributed by atoms with Crippen LogP contribution in [0.25, 0.3) is 0 Å². The minimum atomic E-state index is -4.05. The van der Waals surface area contributed by atoms with Gasteiger partial charge in [-0.3, -0.25) is 0 Å². The third kappa shape index (κ3) is 8.35. The summed E-state index contributed by atoms with van der Waals surface area (Å²) in [6.45, 7) is 7.05. The summed E-state index contributed by atoms with van der Waals surface area (Å²) in [7, 11) is -4.05. The highest BCUT2D eigenvalue weighted by Crippen LogP contribution is 2.06. The Morgan fingerprint density at radius 2 is 1.95 bits per heavy atom. The zero-order valence-corrected chi connectivity index (χ0v) is 13.6. The fourth-order valence-electron chi connectivity index (χ4n) is 1.41. The Bertz CT molecular complexity index is 461. The molecule has 0 aliphatic rings. The van der Waals surface area contributed by atoms with E-state index in [1.807, 2.05) is 18.6 Å². The maximum atomic E-state index is 12.1. The Hall–Kier alpha value is -1.55. The molecule has 0 bridgehead atoms. The number of carbonyl (C=O) groups excluding carboxylic acids is 1. The standard InChI is InChI=1S/C11H24N4O5S/c1-8(2)7-15(6-5-10(12)13-17)21(18,19)14-11(16)20-9(3)4/h8-9,17H,5-7H2,1-4H3,(H2,12,13)(H,14,16). The Labute approximate surface area is 125 Å². The normalized spacial score (nSPS) is 13.0. The van der Waals surface area contributed by atoms with E-state index in [0.717, 1.165) is 4.31 Å². The summed E-state index contributed by atoms with van der Waals surface area (Å²) >= 11 is 0. The fraction of sp³-hybridized carbons (Fsp3) is 0.818. The maximum absolute atomic E-state index is 12.1. The van der Waals surface area contributed by atoms with Crippen molar-refractivity contribution < 1.29 is 23.2 Å². The summed E-state index contributed by atoms with van der Waals surface area (Å²) < 4.78 is 31.9. The highest BCUT2D eigenvalue weighted by Gasteiger charge is 2.26. The number of carbonyl (C=O) groups is 1. The van der Waals surface area contributed by atoms with Crippen LogP contribution < -0.4 is 10.5 Å². The molecular formula is C11H24N4O5S.